The van der Waals surface area contributed by atoms with Gasteiger partial charge in [0.25, 0.3) is 0 Å². The van der Waals surface area contributed by atoms with Crippen LogP contribution < -0.4 is 0 Å². The van der Waals surface area contributed by atoms with E-state index in [9.17, 15) is 0 Å². The Kier molecular flexibility index (Phi) is 61.5. The summed E-state index contributed by atoms with van der Waals surface area (Å²) in [5.41, 5.74) is 8.71. The smallest absolute Gasteiger partial charge is 0.0406 e. The molecule has 0 aliphatic heterocycles. The highest BCUT2D eigenvalue weighted by atomic mass is 14.7. The predicted octanol–water partition coefficient (Wildman–Crippen LogP) is 25.6. The van der Waals surface area contributed by atoms with Gasteiger partial charge in [0.2, 0.25) is 0 Å². The van der Waals surface area contributed by atoms with E-state index in [2.05, 4.69) is 144 Å². The Morgan fingerprint density at radius 2 is 0.472 bits per heavy atom. The van der Waals surface area contributed by atoms with Gasteiger partial charge < -0.3 is 0 Å². The van der Waals surface area contributed by atoms with Crippen molar-refractivity contribution in [3.8, 4) is 0 Å². The van der Waals surface area contributed by atoms with E-state index in [0.29, 0.717) is 0 Å². The summed E-state index contributed by atoms with van der Waals surface area (Å²) < 4.78 is 0. The summed E-state index contributed by atoms with van der Waals surface area (Å²) >= 11 is 0. The van der Waals surface area contributed by atoms with Crippen LogP contribution >= 0.6 is 0 Å². The van der Waals surface area contributed by atoms with E-state index in [1.807, 2.05) is 86.6 Å². The van der Waals surface area contributed by atoms with Crippen LogP contribution in [0.1, 0.15) is 325 Å². The third kappa shape index (κ3) is 57.5. The SMILES string of the molecule is C/C=C/CCc1ccccn1.CCCCCCCCCCCCc1ccccn1.CCCCCCCCCCCc1ccccn1.CCCCCCCCCCc1ccccn1.CCCCCCCCCc1ccccn1.CCCCCc1cc(C)ccn1. The van der Waals surface area contributed by atoms with Crippen LogP contribution in [0.15, 0.2) is 152 Å². The molecule has 0 unspecified atom stereocenters. The summed E-state index contributed by atoms with van der Waals surface area (Å²) in [6.45, 7) is 15.5. The minimum absolute atomic E-state index is 1.05. The van der Waals surface area contributed by atoms with E-state index in [1.54, 1.807) is 0 Å². The Hall–Kier alpha value is -5.36. The fraction of sp³-hybridized carbons (Fsp3) is 0.614. The Balaban J connectivity index is 0.000000538. The maximum atomic E-state index is 4.35. The first-order valence-electron chi connectivity index (χ1n) is 37.0. The summed E-state index contributed by atoms with van der Waals surface area (Å²) in [4.78, 5) is 25.9. The summed E-state index contributed by atoms with van der Waals surface area (Å²) in [5.74, 6) is 0. The third-order valence-corrected chi connectivity index (χ3v) is 16.1. The first-order valence-corrected chi connectivity index (χ1v) is 37.0. The van der Waals surface area contributed by atoms with E-state index in [-0.39, 0.29) is 0 Å². The molecule has 0 N–H and O–H groups in total. The van der Waals surface area contributed by atoms with Gasteiger partial charge in [-0.1, -0.05) is 283 Å². The lowest BCUT2D eigenvalue weighted by Crippen LogP contribution is -1.90. The van der Waals surface area contributed by atoms with Crippen molar-refractivity contribution in [3.63, 3.8) is 0 Å². The molecule has 0 aromatic carbocycles. The second-order valence-corrected chi connectivity index (χ2v) is 24.6. The number of allylic oxidation sites excluding steroid dienone is 2. The fourth-order valence-corrected chi connectivity index (χ4v) is 10.5. The zero-order valence-corrected chi connectivity index (χ0v) is 58.7. The normalized spacial score (nSPS) is 10.6. The van der Waals surface area contributed by atoms with Crippen molar-refractivity contribution in [2.45, 2.75) is 331 Å². The molecule has 0 amide bonds. The molecular weight excluding hydrogens is 1080 g/mol. The first kappa shape index (κ1) is 81.7. The van der Waals surface area contributed by atoms with Crippen molar-refractivity contribution in [2.24, 2.45) is 0 Å². The largest absolute Gasteiger partial charge is 0.261 e. The lowest BCUT2D eigenvalue weighted by Gasteiger charge is -2.02. The van der Waals surface area contributed by atoms with Gasteiger partial charge in [-0.15, -0.1) is 0 Å². The molecule has 0 aliphatic carbocycles. The molecule has 6 aromatic rings. The standard InChI is InChI=1S/C17H29N.C16H27N.C15H25N.C14H23N.C11H17N.C10H13N/c1-2-3-4-5-6-7-8-9-10-11-14-17-15-12-13-16-18-17;1-2-3-4-5-6-7-8-9-10-13-16-14-11-12-15-17-16;1-2-3-4-5-6-7-8-9-12-15-13-10-11-14-16-15;1-2-3-4-5-6-7-8-11-14-12-9-10-13-15-14;1-3-4-5-6-11-9-10(2)7-8-12-11;1-2-3-4-7-10-8-5-6-9-11-10/h12-13,15-16H,2-11,14H2,1H3;11-12,14-15H,2-10,13H2,1H3;10-11,13-14H,2-9,12H2,1H3;9-10,12-13H,2-8,11H2,1H3;7-9H,3-6H2,1-2H3;2-3,5-6,8-9H,4,7H2,1H3/b;;;;;3-2+. The van der Waals surface area contributed by atoms with E-state index >= 15 is 0 Å². The van der Waals surface area contributed by atoms with Gasteiger partial charge >= 0.3 is 0 Å². The maximum absolute atomic E-state index is 4.35. The van der Waals surface area contributed by atoms with Crippen LogP contribution in [-0.2, 0) is 38.5 Å². The molecule has 0 spiro atoms. The van der Waals surface area contributed by atoms with Gasteiger partial charge in [-0.05, 0) is 169 Å². The molecule has 6 nitrogen and oxygen atoms in total. The first-order chi connectivity index (χ1) is 44.0. The van der Waals surface area contributed by atoms with E-state index in [1.165, 1.54) is 277 Å². The molecule has 0 aliphatic rings. The average Bonchev–Trinajstić information content (AvgIpc) is 3.58. The predicted molar refractivity (Wildman–Crippen MR) is 391 cm³/mol. The molecule has 0 saturated heterocycles. The molecule has 0 fully saturated rings. The number of aromatic nitrogens is 6. The van der Waals surface area contributed by atoms with Crippen LogP contribution in [0, 0.1) is 6.92 Å². The number of hydrogen-bond acceptors (Lipinski definition) is 6. The Morgan fingerprint density at radius 1 is 0.247 bits per heavy atom. The molecular formula is C83H134N6. The van der Waals surface area contributed by atoms with Crippen LogP contribution in [0.2, 0.25) is 0 Å². The van der Waals surface area contributed by atoms with Gasteiger partial charge in [0, 0.05) is 71.3 Å². The molecule has 0 saturated carbocycles. The second-order valence-electron chi connectivity index (χ2n) is 24.6. The molecule has 0 radical (unpaired) electrons. The molecule has 496 valence electrons. The highest BCUT2D eigenvalue weighted by molar-refractivity contribution is 5.14. The lowest BCUT2D eigenvalue weighted by molar-refractivity contribution is 0.555. The second kappa shape index (κ2) is 67.0. The highest BCUT2D eigenvalue weighted by Gasteiger charge is 2.00. The number of pyridine rings is 6. The van der Waals surface area contributed by atoms with Gasteiger partial charge in [0.05, 0.1) is 0 Å². The summed E-state index contributed by atoms with van der Waals surface area (Å²) in [6, 6.07) is 35.0. The fourth-order valence-electron chi connectivity index (χ4n) is 10.5. The van der Waals surface area contributed by atoms with Crippen LogP contribution in [0.25, 0.3) is 0 Å². The van der Waals surface area contributed by atoms with Crippen LogP contribution in [-0.4, -0.2) is 29.9 Å². The molecule has 0 atom stereocenters. The van der Waals surface area contributed by atoms with Gasteiger partial charge in [-0.25, -0.2) is 0 Å². The van der Waals surface area contributed by atoms with Crippen molar-refractivity contribution < 1.29 is 0 Å². The number of unbranched alkanes of at least 4 members (excludes halogenated alkanes) is 32. The summed E-state index contributed by atoms with van der Waals surface area (Å²) in [7, 11) is 0. The van der Waals surface area contributed by atoms with Crippen LogP contribution in [0.3, 0.4) is 0 Å². The van der Waals surface area contributed by atoms with Crippen molar-refractivity contribution in [3.05, 3.63) is 192 Å². The van der Waals surface area contributed by atoms with Crippen LogP contribution in [0.5, 0.6) is 0 Å². The molecule has 89 heavy (non-hydrogen) atoms. The van der Waals surface area contributed by atoms with Gasteiger partial charge in [-0.3, -0.25) is 29.9 Å². The molecule has 6 heteroatoms. The molecule has 6 heterocycles. The molecule has 0 bridgehead atoms. The molecule has 6 aromatic heterocycles. The van der Waals surface area contributed by atoms with Gasteiger partial charge in [-0.2, -0.15) is 0 Å². The Morgan fingerprint density at radius 3 is 0.719 bits per heavy atom. The average molecular weight is 1220 g/mol. The minimum Gasteiger partial charge on any atom is -0.261 e. The topological polar surface area (TPSA) is 77.3 Å². The van der Waals surface area contributed by atoms with E-state index in [0.717, 1.165) is 44.9 Å². The quantitative estimate of drug-likeness (QED) is 0.0280. The van der Waals surface area contributed by atoms with Crippen LogP contribution in [0.4, 0.5) is 0 Å². The third-order valence-electron chi connectivity index (χ3n) is 16.1. The monoisotopic (exact) mass is 1220 g/mol. The lowest BCUT2D eigenvalue weighted by atomic mass is 10.1. The Labute approximate surface area is 550 Å². The van der Waals surface area contributed by atoms with Crippen molar-refractivity contribution in [1.82, 2.24) is 29.9 Å². The van der Waals surface area contributed by atoms with E-state index < -0.39 is 0 Å². The van der Waals surface area contributed by atoms with Crippen molar-refractivity contribution in [1.29, 1.82) is 0 Å². The minimum atomic E-state index is 1.05. The highest BCUT2D eigenvalue weighted by Crippen LogP contribution is 2.15. The number of nitrogens with zero attached hydrogens (tertiary/aromatic N) is 6. The zero-order valence-electron chi connectivity index (χ0n) is 58.7. The zero-order chi connectivity index (χ0) is 64.1. The van der Waals surface area contributed by atoms with Gasteiger partial charge in [0.1, 0.15) is 0 Å². The maximum Gasteiger partial charge on any atom is 0.0406 e. The Bertz CT molecular complexity index is 2290. The number of rotatable bonds is 45. The number of hydrogen-bond donors (Lipinski definition) is 0. The van der Waals surface area contributed by atoms with Crippen molar-refractivity contribution in [2.75, 3.05) is 0 Å². The van der Waals surface area contributed by atoms with Crippen molar-refractivity contribution >= 4 is 0 Å². The van der Waals surface area contributed by atoms with E-state index in [4.69, 9.17) is 0 Å². The van der Waals surface area contributed by atoms with Gasteiger partial charge in [0.15, 0.2) is 0 Å². The summed E-state index contributed by atoms with van der Waals surface area (Å²) in [6.07, 6.45) is 74.6. The molecule has 6 rings (SSSR count). The number of aryl methyl sites for hydroxylation is 7. The summed E-state index contributed by atoms with van der Waals surface area (Å²) in [5, 5.41) is 0.